The number of rotatable bonds is 4. The van der Waals surface area contributed by atoms with E-state index in [4.69, 9.17) is 9.47 Å². The van der Waals surface area contributed by atoms with E-state index in [1.807, 2.05) is 4.90 Å². The number of carbonyl (C=O) groups is 4. The summed E-state index contributed by atoms with van der Waals surface area (Å²) in [5, 5.41) is 2.18. The number of imide groups is 2. The highest BCUT2D eigenvalue weighted by Gasteiger charge is 2.46. The van der Waals surface area contributed by atoms with Crippen LogP contribution < -0.4 is 10.1 Å². The molecule has 0 bridgehead atoms. The van der Waals surface area contributed by atoms with Gasteiger partial charge in [-0.3, -0.25) is 34.3 Å². The van der Waals surface area contributed by atoms with Crippen LogP contribution in [0.25, 0.3) is 0 Å². The Morgan fingerprint density at radius 3 is 2.63 bits per heavy atom. The summed E-state index contributed by atoms with van der Waals surface area (Å²) >= 11 is 0. The molecule has 4 amide bonds. The SMILES string of the molecule is O=C1CCC(N2C(=O)c3cccc(OCN4CCOCC4)c3C2=O)C(=O)N1. The molecule has 1 N–H and O–H groups in total. The maximum absolute atomic E-state index is 12.9. The summed E-state index contributed by atoms with van der Waals surface area (Å²) < 4.78 is 11.1. The van der Waals surface area contributed by atoms with Crippen LogP contribution in [-0.4, -0.2) is 72.5 Å². The van der Waals surface area contributed by atoms with E-state index in [1.165, 1.54) is 0 Å². The Balaban J connectivity index is 1.55. The molecule has 1 aromatic carbocycles. The van der Waals surface area contributed by atoms with Gasteiger partial charge in [-0.2, -0.15) is 0 Å². The average Bonchev–Trinajstić information content (AvgIpc) is 2.93. The maximum Gasteiger partial charge on any atom is 0.266 e. The number of morpholine rings is 1. The van der Waals surface area contributed by atoms with Crippen LogP contribution in [-0.2, 0) is 14.3 Å². The highest BCUT2D eigenvalue weighted by molar-refractivity contribution is 6.24. The van der Waals surface area contributed by atoms with Crippen molar-refractivity contribution in [3.63, 3.8) is 0 Å². The first kappa shape index (κ1) is 17.6. The molecule has 4 rings (SSSR count). The topological polar surface area (TPSA) is 105 Å². The smallest absolute Gasteiger partial charge is 0.266 e. The van der Waals surface area contributed by atoms with Crippen molar-refractivity contribution in [1.82, 2.24) is 15.1 Å². The van der Waals surface area contributed by atoms with Gasteiger partial charge in [0.2, 0.25) is 11.8 Å². The predicted molar refractivity (Wildman–Crippen MR) is 91.0 cm³/mol. The Labute approximate surface area is 155 Å². The molecule has 9 heteroatoms. The average molecular weight is 373 g/mol. The molecule has 2 saturated heterocycles. The summed E-state index contributed by atoms with van der Waals surface area (Å²) in [6.45, 7) is 2.97. The molecule has 2 fully saturated rings. The van der Waals surface area contributed by atoms with Crippen LogP contribution in [0.15, 0.2) is 18.2 Å². The summed E-state index contributed by atoms with van der Waals surface area (Å²) in [5.41, 5.74) is 0.379. The third-order valence-corrected chi connectivity index (χ3v) is 4.94. The highest BCUT2D eigenvalue weighted by atomic mass is 16.5. The lowest BCUT2D eigenvalue weighted by atomic mass is 10.0. The van der Waals surface area contributed by atoms with Gasteiger partial charge >= 0.3 is 0 Å². The number of ether oxygens (including phenoxy) is 2. The van der Waals surface area contributed by atoms with Gasteiger partial charge in [-0.25, -0.2) is 0 Å². The standard InChI is InChI=1S/C18H19N3O6/c22-14-5-4-12(16(23)19-14)21-17(24)11-2-1-3-13(15(11)18(21)25)27-10-20-6-8-26-9-7-20/h1-3,12H,4-10H2,(H,19,22,23). The van der Waals surface area contributed by atoms with Gasteiger partial charge in [0.05, 0.1) is 24.3 Å². The number of nitrogens with one attached hydrogen (secondary N) is 1. The Hall–Kier alpha value is -2.78. The highest BCUT2D eigenvalue weighted by Crippen LogP contribution is 2.33. The van der Waals surface area contributed by atoms with E-state index < -0.39 is 29.7 Å². The lowest BCUT2D eigenvalue weighted by Crippen LogP contribution is -2.54. The van der Waals surface area contributed by atoms with Crippen molar-refractivity contribution >= 4 is 23.6 Å². The number of benzene rings is 1. The molecular formula is C18H19N3O6. The van der Waals surface area contributed by atoms with Crippen LogP contribution in [0.4, 0.5) is 0 Å². The molecule has 0 aromatic heterocycles. The number of piperidine rings is 1. The first-order valence-electron chi connectivity index (χ1n) is 8.84. The van der Waals surface area contributed by atoms with Crippen molar-refractivity contribution in [1.29, 1.82) is 0 Å². The quantitative estimate of drug-likeness (QED) is 0.726. The van der Waals surface area contributed by atoms with Crippen molar-refractivity contribution in [2.24, 2.45) is 0 Å². The van der Waals surface area contributed by atoms with E-state index in [9.17, 15) is 19.2 Å². The van der Waals surface area contributed by atoms with Gasteiger partial charge in [-0.05, 0) is 18.6 Å². The Morgan fingerprint density at radius 1 is 1.11 bits per heavy atom. The lowest BCUT2D eigenvalue weighted by molar-refractivity contribution is -0.136. The molecule has 1 aromatic rings. The van der Waals surface area contributed by atoms with Crippen molar-refractivity contribution in [3.8, 4) is 5.75 Å². The molecule has 27 heavy (non-hydrogen) atoms. The second-order valence-electron chi connectivity index (χ2n) is 6.63. The molecule has 1 atom stereocenters. The Morgan fingerprint density at radius 2 is 1.89 bits per heavy atom. The predicted octanol–water partition coefficient (Wildman–Crippen LogP) is -0.244. The van der Waals surface area contributed by atoms with E-state index in [-0.39, 0.29) is 30.7 Å². The Kier molecular flexibility index (Phi) is 4.63. The first-order chi connectivity index (χ1) is 13.1. The van der Waals surface area contributed by atoms with Crippen LogP contribution in [0.3, 0.4) is 0 Å². The summed E-state index contributed by atoms with van der Waals surface area (Å²) in [5.74, 6) is -1.82. The van der Waals surface area contributed by atoms with Gasteiger partial charge in [-0.1, -0.05) is 6.07 Å². The van der Waals surface area contributed by atoms with Crippen molar-refractivity contribution < 1.29 is 28.7 Å². The molecule has 142 valence electrons. The monoisotopic (exact) mass is 373 g/mol. The fourth-order valence-electron chi connectivity index (χ4n) is 3.50. The minimum absolute atomic E-state index is 0.0875. The molecule has 3 aliphatic rings. The number of fused-ring (bicyclic) bond motifs is 1. The van der Waals surface area contributed by atoms with Crippen LogP contribution in [0.5, 0.6) is 5.75 Å². The zero-order chi connectivity index (χ0) is 19.0. The van der Waals surface area contributed by atoms with E-state index >= 15 is 0 Å². The summed E-state index contributed by atoms with van der Waals surface area (Å²) in [7, 11) is 0. The number of hydrogen-bond acceptors (Lipinski definition) is 7. The fraction of sp³-hybridized carbons (Fsp3) is 0.444. The van der Waals surface area contributed by atoms with Gasteiger partial charge in [0.1, 0.15) is 18.5 Å². The van der Waals surface area contributed by atoms with Crippen LogP contribution in [0.1, 0.15) is 33.6 Å². The normalized spacial score (nSPS) is 23.4. The number of nitrogens with zero attached hydrogens (tertiary/aromatic N) is 2. The Bertz CT molecular complexity index is 817. The molecule has 0 spiro atoms. The van der Waals surface area contributed by atoms with Crippen molar-refractivity contribution in [2.75, 3.05) is 33.0 Å². The van der Waals surface area contributed by atoms with Gasteiger partial charge in [0.25, 0.3) is 11.8 Å². The molecule has 0 radical (unpaired) electrons. The van der Waals surface area contributed by atoms with Crippen LogP contribution >= 0.6 is 0 Å². The van der Waals surface area contributed by atoms with E-state index in [0.29, 0.717) is 19.0 Å². The first-order valence-corrected chi connectivity index (χ1v) is 8.84. The van der Waals surface area contributed by atoms with Gasteiger partial charge < -0.3 is 9.47 Å². The minimum atomic E-state index is -0.984. The maximum atomic E-state index is 12.9. The third-order valence-electron chi connectivity index (χ3n) is 4.94. The van der Waals surface area contributed by atoms with Crippen LogP contribution in [0.2, 0.25) is 0 Å². The second kappa shape index (κ2) is 7.09. The van der Waals surface area contributed by atoms with Gasteiger partial charge in [-0.15, -0.1) is 0 Å². The van der Waals surface area contributed by atoms with Gasteiger partial charge in [0.15, 0.2) is 0 Å². The molecule has 3 heterocycles. The van der Waals surface area contributed by atoms with Crippen molar-refractivity contribution in [2.45, 2.75) is 18.9 Å². The summed E-state index contributed by atoms with van der Waals surface area (Å²) in [6.07, 6.45) is 0.213. The number of amides is 4. The van der Waals surface area contributed by atoms with Gasteiger partial charge in [0, 0.05) is 19.5 Å². The van der Waals surface area contributed by atoms with Crippen molar-refractivity contribution in [3.05, 3.63) is 29.3 Å². The minimum Gasteiger partial charge on any atom is -0.477 e. The summed E-state index contributed by atoms with van der Waals surface area (Å²) in [4.78, 5) is 52.1. The number of hydrogen-bond donors (Lipinski definition) is 1. The molecule has 0 aliphatic carbocycles. The molecule has 3 aliphatic heterocycles. The second-order valence-corrected chi connectivity index (χ2v) is 6.63. The summed E-state index contributed by atoms with van der Waals surface area (Å²) in [6, 6.07) is 3.84. The van der Waals surface area contributed by atoms with Crippen LogP contribution in [0, 0.1) is 0 Å². The molecule has 1 unspecified atom stereocenters. The zero-order valence-corrected chi connectivity index (χ0v) is 14.6. The van der Waals surface area contributed by atoms with E-state index in [0.717, 1.165) is 18.0 Å². The zero-order valence-electron chi connectivity index (χ0n) is 14.6. The third kappa shape index (κ3) is 3.19. The molecule has 0 saturated carbocycles. The largest absolute Gasteiger partial charge is 0.477 e. The van der Waals surface area contributed by atoms with E-state index in [2.05, 4.69) is 5.32 Å². The molecular weight excluding hydrogens is 354 g/mol. The molecule has 9 nitrogen and oxygen atoms in total. The van der Waals surface area contributed by atoms with E-state index in [1.54, 1.807) is 18.2 Å². The lowest BCUT2D eigenvalue weighted by Gasteiger charge is -2.28. The number of carbonyl (C=O) groups excluding carboxylic acids is 4. The fourth-order valence-corrected chi connectivity index (χ4v) is 3.50.